The number of rotatable bonds is 2. The van der Waals surface area contributed by atoms with Crippen molar-refractivity contribution in [3.05, 3.63) is 36.5 Å². The summed E-state index contributed by atoms with van der Waals surface area (Å²) in [4.78, 5) is 19.0. The van der Waals surface area contributed by atoms with Crippen molar-refractivity contribution < 1.29 is 4.79 Å². The number of nitrogens with zero attached hydrogens (tertiary/aromatic N) is 2. The lowest BCUT2D eigenvalue weighted by molar-refractivity contribution is 0.269. The van der Waals surface area contributed by atoms with E-state index in [2.05, 4.69) is 19.7 Å². The highest BCUT2D eigenvalue weighted by Gasteiger charge is 2.09. The molecule has 0 spiro atoms. The summed E-state index contributed by atoms with van der Waals surface area (Å²) in [5.74, 6) is 0.457. The molecular formula is C11H8N4OS2. The van der Waals surface area contributed by atoms with E-state index in [-0.39, 0.29) is 5.24 Å². The average Bonchev–Trinajstić information content (AvgIpc) is 2.96. The van der Waals surface area contributed by atoms with Crippen LogP contribution in [0.3, 0.4) is 0 Å². The van der Waals surface area contributed by atoms with Crippen molar-refractivity contribution >= 4 is 45.5 Å². The normalized spacial score (nSPS) is 10.7. The molecule has 0 saturated carbocycles. The highest BCUT2D eigenvalue weighted by Crippen LogP contribution is 2.23. The van der Waals surface area contributed by atoms with Gasteiger partial charge in [0, 0.05) is 6.20 Å². The molecule has 0 bridgehead atoms. The van der Waals surface area contributed by atoms with E-state index in [0.29, 0.717) is 5.95 Å². The molecule has 18 heavy (non-hydrogen) atoms. The molecule has 3 aromatic rings. The number of anilines is 1. The van der Waals surface area contributed by atoms with Crippen LogP contribution in [0.1, 0.15) is 0 Å². The van der Waals surface area contributed by atoms with E-state index in [0.717, 1.165) is 27.0 Å². The molecule has 1 aromatic carbocycles. The van der Waals surface area contributed by atoms with Crippen LogP contribution in [0.15, 0.2) is 40.7 Å². The summed E-state index contributed by atoms with van der Waals surface area (Å²) in [6.45, 7) is 0. The Labute approximate surface area is 111 Å². The van der Waals surface area contributed by atoms with Crippen LogP contribution in [-0.4, -0.2) is 19.6 Å². The first-order valence-electron chi connectivity index (χ1n) is 5.15. The summed E-state index contributed by atoms with van der Waals surface area (Å²) >= 11 is 2.39. The van der Waals surface area contributed by atoms with Gasteiger partial charge in [0.15, 0.2) is 0 Å². The van der Waals surface area contributed by atoms with Crippen molar-refractivity contribution in [2.24, 2.45) is 0 Å². The fraction of sp³-hybridized carbons (Fsp3) is 0. The predicted molar refractivity (Wildman–Crippen MR) is 73.1 cm³/mol. The van der Waals surface area contributed by atoms with E-state index in [1.54, 1.807) is 12.3 Å². The quantitative estimate of drug-likeness (QED) is 0.704. The first kappa shape index (κ1) is 11.2. The molecule has 0 saturated heterocycles. The number of nitrogens with one attached hydrogen (secondary N) is 2. The van der Waals surface area contributed by atoms with Gasteiger partial charge in [-0.05, 0) is 41.5 Å². The molecule has 2 aromatic heterocycles. The molecule has 0 aliphatic carbocycles. The molecule has 0 aliphatic rings. The Hall–Kier alpha value is -1.86. The largest absolute Gasteiger partial charge is 0.324 e. The molecule has 1 amide bonds. The van der Waals surface area contributed by atoms with Gasteiger partial charge >= 0.3 is 0 Å². The van der Waals surface area contributed by atoms with Crippen molar-refractivity contribution in [3.8, 4) is 0 Å². The fourth-order valence-corrected chi connectivity index (χ4v) is 2.79. The molecule has 0 unspecified atom stereocenters. The number of para-hydroxylation sites is 2. The molecular weight excluding hydrogens is 268 g/mol. The van der Waals surface area contributed by atoms with E-state index >= 15 is 0 Å². The Morgan fingerprint density at radius 1 is 1.33 bits per heavy atom. The van der Waals surface area contributed by atoms with E-state index in [4.69, 9.17) is 0 Å². The topological polar surface area (TPSA) is 70.7 Å². The second-order valence-corrected chi connectivity index (χ2v) is 5.55. The Morgan fingerprint density at radius 2 is 2.22 bits per heavy atom. The third kappa shape index (κ3) is 2.36. The van der Waals surface area contributed by atoms with Crippen LogP contribution in [0.25, 0.3) is 11.0 Å². The number of benzene rings is 1. The SMILES string of the molecule is O=C(Nc1nc2ccccc2[nH]1)Sc1ccns1. The molecule has 0 aliphatic heterocycles. The fourth-order valence-electron chi connectivity index (χ4n) is 1.48. The number of fused-ring (bicyclic) bond motifs is 1. The molecule has 2 N–H and O–H groups in total. The van der Waals surface area contributed by atoms with Gasteiger partial charge in [0.05, 0.1) is 15.2 Å². The van der Waals surface area contributed by atoms with E-state index in [9.17, 15) is 4.79 Å². The highest BCUT2D eigenvalue weighted by molar-refractivity contribution is 8.15. The Kier molecular flexibility index (Phi) is 2.99. The molecule has 0 atom stereocenters. The maximum Gasteiger partial charge on any atom is 0.291 e. The zero-order chi connectivity index (χ0) is 12.4. The van der Waals surface area contributed by atoms with E-state index in [1.807, 2.05) is 24.3 Å². The lowest BCUT2D eigenvalue weighted by Gasteiger charge is -1.97. The first-order valence-corrected chi connectivity index (χ1v) is 6.74. The third-order valence-corrected chi connectivity index (χ3v) is 3.86. The Balaban J connectivity index is 1.74. The smallest absolute Gasteiger partial charge is 0.291 e. The van der Waals surface area contributed by atoms with Gasteiger partial charge in [-0.3, -0.25) is 10.1 Å². The zero-order valence-corrected chi connectivity index (χ0v) is 10.7. The second-order valence-electron chi connectivity index (χ2n) is 3.45. The van der Waals surface area contributed by atoms with Gasteiger partial charge in [0.25, 0.3) is 5.24 Å². The minimum absolute atomic E-state index is 0.182. The van der Waals surface area contributed by atoms with Gasteiger partial charge in [-0.15, -0.1) is 0 Å². The lowest BCUT2D eigenvalue weighted by atomic mass is 10.3. The third-order valence-electron chi connectivity index (χ3n) is 2.22. The summed E-state index contributed by atoms with van der Waals surface area (Å²) in [5, 5.41) is 2.52. The second kappa shape index (κ2) is 4.79. The number of aromatic amines is 1. The monoisotopic (exact) mass is 276 g/mol. The number of carbonyl (C=O) groups is 1. The zero-order valence-electron chi connectivity index (χ0n) is 9.08. The minimum Gasteiger partial charge on any atom is -0.324 e. The Morgan fingerprint density at radius 3 is 3.00 bits per heavy atom. The van der Waals surface area contributed by atoms with Crippen molar-refractivity contribution in [3.63, 3.8) is 0 Å². The molecule has 7 heteroatoms. The number of H-pyrrole nitrogens is 1. The van der Waals surface area contributed by atoms with Gasteiger partial charge in [0.2, 0.25) is 5.95 Å². The molecule has 90 valence electrons. The number of aromatic nitrogens is 3. The van der Waals surface area contributed by atoms with Crippen molar-refractivity contribution in [1.29, 1.82) is 0 Å². The lowest BCUT2D eigenvalue weighted by Crippen LogP contribution is -2.05. The number of amides is 1. The van der Waals surface area contributed by atoms with Crippen LogP contribution >= 0.6 is 23.3 Å². The average molecular weight is 276 g/mol. The number of hydrogen-bond donors (Lipinski definition) is 2. The van der Waals surface area contributed by atoms with Gasteiger partial charge in [-0.25, -0.2) is 9.36 Å². The number of thioether (sulfide) groups is 1. The number of carbonyl (C=O) groups excluding carboxylic acids is 1. The van der Waals surface area contributed by atoms with Gasteiger partial charge in [-0.1, -0.05) is 12.1 Å². The summed E-state index contributed by atoms with van der Waals surface area (Å²) in [7, 11) is 0. The van der Waals surface area contributed by atoms with Crippen molar-refractivity contribution in [1.82, 2.24) is 14.3 Å². The molecule has 0 fully saturated rings. The summed E-state index contributed by atoms with van der Waals surface area (Å²) in [6, 6.07) is 9.42. The number of hydrogen-bond acceptors (Lipinski definition) is 5. The van der Waals surface area contributed by atoms with Crippen molar-refractivity contribution in [2.75, 3.05) is 5.32 Å². The van der Waals surface area contributed by atoms with E-state index < -0.39 is 0 Å². The molecule has 0 radical (unpaired) electrons. The van der Waals surface area contributed by atoms with Crippen LogP contribution in [0, 0.1) is 0 Å². The van der Waals surface area contributed by atoms with Crippen LogP contribution in [0.5, 0.6) is 0 Å². The predicted octanol–water partition coefficient (Wildman–Crippen LogP) is 3.34. The molecule has 2 heterocycles. The highest BCUT2D eigenvalue weighted by atomic mass is 32.2. The summed E-state index contributed by atoms with van der Waals surface area (Å²) in [5.41, 5.74) is 1.73. The first-order chi connectivity index (χ1) is 8.81. The maximum atomic E-state index is 11.7. The Bertz CT molecular complexity index is 644. The van der Waals surface area contributed by atoms with Crippen LogP contribution in [0.4, 0.5) is 10.7 Å². The summed E-state index contributed by atoms with van der Waals surface area (Å²) < 4.78 is 4.78. The molecule has 3 rings (SSSR count). The standard InChI is InChI=1S/C11H8N4OS2/c16-11(17-9-5-6-12-18-9)15-10-13-7-3-1-2-4-8(7)14-10/h1-6H,(H2,13,14,15,16). The summed E-state index contributed by atoms with van der Waals surface area (Å²) in [6.07, 6.45) is 1.67. The van der Waals surface area contributed by atoms with Crippen LogP contribution < -0.4 is 5.32 Å². The maximum absolute atomic E-state index is 11.7. The van der Waals surface area contributed by atoms with Gasteiger partial charge in [-0.2, -0.15) is 0 Å². The van der Waals surface area contributed by atoms with Gasteiger partial charge in [0.1, 0.15) is 0 Å². The van der Waals surface area contributed by atoms with E-state index in [1.165, 1.54) is 11.5 Å². The van der Waals surface area contributed by atoms with Crippen LogP contribution in [-0.2, 0) is 0 Å². The van der Waals surface area contributed by atoms with Crippen molar-refractivity contribution in [2.45, 2.75) is 4.21 Å². The van der Waals surface area contributed by atoms with Crippen LogP contribution in [0.2, 0.25) is 0 Å². The minimum atomic E-state index is -0.182. The molecule has 5 nitrogen and oxygen atoms in total. The number of imidazole rings is 1. The van der Waals surface area contributed by atoms with Gasteiger partial charge < -0.3 is 4.98 Å².